The average Bonchev–Trinajstić information content (AvgIpc) is 3.11. The van der Waals surface area contributed by atoms with Crippen LogP contribution in [0.25, 0.3) is 0 Å². The predicted octanol–water partition coefficient (Wildman–Crippen LogP) is 4.84. The van der Waals surface area contributed by atoms with E-state index in [0.717, 1.165) is 23.5 Å². The van der Waals surface area contributed by atoms with Crippen molar-refractivity contribution in [1.82, 2.24) is 0 Å². The Hall–Kier alpha value is -1.86. The summed E-state index contributed by atoms with van der Waals surface area (Å²) in [6.45, 7) is 4.21. The fraction of sp³-hybridized carbons (Fsp3) is 0.368. The number of amidine groups is 1. The number of hydrogen-bond donors (Lipinski definition) is 5. The minimum absolute atomic E-state index is 0.0938. The Morgan fingerprint density at radius 3 is 2.73 bits per heavy atom. The molecule has 140 valence electrons. The zero-order valence-corrected chi connectivity index (χ0v) is 16.8. The van der Waals surface area contributed by atoms with E-state index in [1.54, 1.807) is 30.0 Å². The summed E-state index contributed by atoms with van der Waals surface area (Å²) in [5.74, 6) is 1.49. The van der Waals surface area contributed by atoms with E-state index in [9.17, 15) is 5.11 Å². The molecule has 2 rings (SSSR count). The normalized spacial score (nSPS) is 15.8. The second-order valence-corrected chi connectivity index (χ2v) is 8.20. The van der Waals surface area contributed by atoms with Crippen LogP contribution in [0, 0.1) is 11.3 Å². The standard InChI is InChI=1S/C19H26N4OS2/c1-11(2)5-7-13(18(24)17(21)16-4-3-9-26-16)19(22)23-14-8-6-12(20)10-15(14)25/h4,6,8,10-11,21,24-25H,3,5,7,9,20H2,1-2H3,(H2,22,23)/b18-13-,21-17?. The number of nitrogens with one attached hydrogen (secondary N) is 1. The molecule has 1 aliphatic rings. The van der Waals surface area contributed by atoms with Crippen LogP contribution < -0.4 is 11.5 Å². The summed E-state index contributed by atoms with van der Waals surface area (Å²) in [6, 6.07) is 5.17. The minimum Gasteiger partial charge on any atom is -0.505 e. The summed E-state index contributed by atoms with van der Waals surface area (Å²) < 4.78 is 0. The largest absolute Gasteiger partial charge is 0.505 e. The van der Waals surface area contributed by atoms with E-state index in [4.69, 9.17) is 16.9 Å². The molecule has 5 nitrogen and oxygen atoms in total. The maximum absolute atomic E-state index is 10.7. The van der Waals surface area contributed by atoms with Crippen molar-refractivity contribution in [1.29, 1.82) is 5.41 Å². The topological polar surface area (TPSA) is 108 Å². The van der Waals surface area contributed by atoms with Gasteiger partial charge in [-0.2, -0.15) is 0 Å². The second kappa shape index (κ2) is 9.19. The first-order chi connectivity index (χ1) is 12.3. The third kappa shape index (κ3) is 5.32. The maximum atomic E-state index is 10.7. The van der Waals surface area contributed by atoms with Crippen LogP contribution in [0.1, 0.15) is 33.1 Å². The summed E-state index contributed by atoms with van der Waals surface area (Å²) >= 11 is 5.96. The number of aliphatic hydroxyl groups is 1. The summed E-state index contributed by atoms with van der Waals surface area (Å²) in [7, 11) is 0. The van der Waals surface area contributed by atoms with E-state index in [1.807, 2.05) is 6.08 Å². The number of allylic oxidation sites excluding steroid dienone is 2. The van der Waals surface area contributed by atoms with Gasteiger partial charge in [0.15, 0.2) is 0 Å². The Balaban J connectivity index is 2.40. The smallest absolute Gasteiger partial charge is 0.148 e. The molecule has 7 heteroatoms. The van der Waals surface area contributed by atoms with Gasteiger partial charge in [-0.15, -0.1) is 24.4 Å². The van der Waals surface area contributed by atoms with Crippen molar-refractivity contribution in [3.63, 3.8) is 0 Å². The van der Waals surface area contributed by atoms with Crippen molar-refractivity contribution >= 4 is 47.3 Å². The van der Waals surface area contributed by atoms with Crippen molar-refractivity contribution in [2.24, 2.45) is 16.6 Å². The van der Waals surface area contributed by atoms with Crippen molar-refractivity contribution in [2.75, 3.05) is 11.5 Å². The van der Waals surface area contributed by atoms with Crippen molar-refractivity contribution in [3.8, 4) is 0 Å². The van der Waals surface area contributed by atoms with Crippen LogP contribution in [0.2, 0.25) is 0 Å². The molecule has 0 spiro atoms. The number of thiol groups is 1. The number of aliphatic hydroxyl groups excluding tert-OH is 1. The van der Waals surface area contributed by atoms with Gasteiger partial charge in [0.05, 0.1) is 5.69 Å². The lowest BCUT2D eigenvalue weighted by atomic mass is 9.99. The maximum Gasteiger partial charge on any atom is 0.148 e. The first-order valence-corrected chi connectivity index (χ1v) is 10.00. The molecule has 0 bridgehead atoms. The lowest BCUT2D eigenvalue weighted by molar-refractivity contribution is 0.434. The monoisotopic (exact) mass is 390 g/mol. The molecule has 26 heavy (non-hydrogen) atoms. The van der Waals surface area contributed by atoms with Crippen molar-refractivity contribution in [2.45, 2.75) is 38.0 Å². The van der Waals surface area contributed by atoms with E-state index >= 15 is 0 Å². The second-order valence-electron chi connectivity index (χ2n) is 6.59. The number of nitrogens with two attached hydrogens (primary N) is 2. The number of rotatable bonds is 7. The molecule has 0 fully saturated rings. The summed E-state index contributed by atoms with van der Waals surface area (Å²) in [5.41, 5.74) is 13.8. The number of aliphatic imine (C=N–C) groups is 1. The highest BCUT2D eigenvalue weighted by atomic mass is 32.2. The van der Waals surface area contributed by atoms with Gasteiger partial charge in [-0.3, -0.25) is 5.41 Å². The Labute approximate surface area is 164 Å². The Morgan fingerprint density at radius 1 is 1.42 bits per heavy atom. The predicted molar refractivity (Wildman–Crippen MR) is 116 cm³/mol. The third-order valence-electron chi connectivity index (χ3n) is 4.00. The van der Waals surface area contributed by atoms with E-state index in [1.165, 1.54) is 0 Å². The van der Waals surface area contributed by atoms with Crippen LogP contribution in [0.5, 0.6) is 0 Å². The molecule has 6 N–H and O–H groups in total. The quantitative estimate of drug-likeness (QED) is 0.151. The Morgan fingerprint density at radius 2 is 2.15 bits per heavy atom. The molecule has 1 heterocycles. The third-order valence-corrected chi connectivity index (χ3v) is 5.48. The van der Waals surface area contributed by atoms with Gasteiger partial charge >= 0.3 is 0 Å². The van der Waals surface area contributed by atoms with Gasteiger partial charge in [0.25, 0.3) is 0 Å². The van der Waals surface area contributed by atoms with Crippen LogP contribution in [0.4, 0.5) is 11.4 Å². The summed E-state index contributed by atoms with van der Waals surface area (Å²) in [6.07, 6.45) is 4.28. The lowest BCUT2D eigenvalue weighted by Crippen LogP contribution is -2.20. The molecule has 0 aromatic heterocycles. The molecule has 0 unspecified atom stereocenters. The van der Waals surface area contributed by atoms with Gasteiger partial charge in [-0.25, -0.2) is 4.99 Å². The van der Waals surface area contributed by atoms with E-state index in [0.29, 0.717) is 34.2 Å². The van der Waals surface area contributed by atoms with Gasteiger partial charge in [0.1, 0.15) is 17.3 Å². The van der Waals surface area contributed by atoms with E-state index in [-0.39, 0.29) is 17.3 Å². The SMILES string of the molecule is CC(C)CC/C(C(N)=Nc1ccc(N)cc1S)=C(/O)C(=N)C1=CCCS1. The molecule has 0 aliphatic carbocycles. The first-order valence-electron chi connectivity index (χ1n) is 8.57. The van der Waals surface area contributed by atoms with Gasteiger partial charge in [0.2, 0.25) is 0 Å². The highest BCUT2D eigenvalue weighted by molar-refractivity contribution is 8.04. The van der Waals surface area contributed by atoms with Crippen LogP contribution >= 0.6 is 24.4 Å². The first kappa shape index (κ1) is 20.5. The molecule has 1 aliphatic heterocycles. The van der Waals surface area contributed by atoms with Gasteiger partial charge in [-0.05, 0) is 43.4 Å². The number of nitrogens with zero attached hydrogens (tertiary/aromatic N) is 1. The van der Waals surface area contributed by atoms with Crippen LogP contribution in [-0.4, -0.2) is 22.4 Å². The van der Waals surface area contributed by atoms with E-state index < -0.39 is 0 Å². The molecular formula is C19H26N4OS2. The Kier molecular flexibility index (Phi) is 7.23. The van der Waals surface area contributed by atoms with Gasteiger partial charge in [0, 0.05) is 26.8 Å². The Bertz CT molecular complexity index is 782. The highest BCUT2D eigenvalue weighted by Gasteiger charge is 2.20. The molecular weight excluding hydrogens is 364 g/mol. The van der Waals surface area contributed by atoms with E-state index in [2.05, 4.69) is 31.5 Å². The molecule has 0 radical (unpaired) electrons. The number of benzene rings is 1. The molecule has 0 amide bonds. The minimum atomic E-state index is -0.0938. The van der Waals surface area contributed by atoms with Crippen molar-refractivity contribution in [3.05, 3.63) is 40.5 Å². The zero-order valence-electron chi connectivity index (χ0n) is 15.1. The average molecular weight is 391 g/mol. The molecule has 1 aromatic carbocycles. The fourth-order valence-electron chi connectivity index (χ4n) is 2.49. The molecule has 0 atom stereocenters. The van der Waals surface area contributed by atoms with Crippen LogP contribution in [0.15, 0.2) is 50.4 Å². The van der Waals surface area contributed by atoms with Crippen LogP contribution in [-0.2, 0) is 0 Å². The highest BCUT2D eigenvalue weighted by Crippen LogP contribution is 2.30. The molecule has 0 saturated carbocycles. The van der Waals surface area contributed by atoms with Gasteiger partial charge < -0.3 is 16.6 Å². The van der Waals surface area contributed by atoms with Crippen LogP contribution in [0.3, 0.4) is 0 Å². The zero-order chi connectivity index (χ0) is 19.3. The lowest BCUT2D eigenvalue weighted by Gasteiger charge is -2.14. The summed E-state index contributed by atoms with van der Waals surface area (Å²) in [4.78, 5) is 5.83. The number of hydrogen-bond acceptors (Lipinski definition) is 6. The number of anilines is 1. The van der Waals surface area contributed by atoms with Gasteiger partial charge in [-0.1, -0.05) is 19.9 Å². The molecule has 1 aromatic rings. The van der Waals surface area contributed by atoms with Crippen molar-refractivity contribution < 1.29 is 5.11 Å². The molecule has 0 saturated heterocycles. The number of nitrogen functional groups attached to an aromatic ring is 1. The number of thioether (sulfide) groups is 1. The summed E-state index contributed by atoms with van der Waals surface area (Å²) in [5, 5.41) is 19.0. The fourth-order valence-corrected chi connectivity index (χ4v) is 3.70.